The molecule has 0 aliphatic heterocycles. The van der Waals surface area contributed by atoms with Gasteiger partial charge in [-0.05, 0) is 55.3 Å². The Hall–Kier alpha value is -3.00. The van der Waals surface area contributed by atoms with Gasteiger partial charge < -0.3 is 4.57 Å². The first-order valence-corrected chi connectivity index (χ1v) is 7.32. The molecule has 0 radical (unpaired) electrons. The fraction of sp³-hybridized carbons (Fsp3) is 0.167. The lowest BCUT2D eigenvalue weighted by molar-refractivity contribution is 0.629. The van der Waals surface area contributed by atoms with Crippen LogP contribution < -0.4 is 0 Å². The molecular weight excluding hydrogens is 291 g/mol. The normalized spacial score (nSPS) is 11.4. The number of hydrogen-bond donors (Lipinski definition) is 0. The van der Waals surface area contributed by atoms with Crippen LogP contribution in [0.1, 0.15) is 11.1 Å². The number of nitriles is 1. The highest BCUT2D eigenvalue weighted by atomic mass is 19.1. The molecule has 2 aromatic heterocycles. The van der Waals surface area contributed by atoms with E-state index in [9.17, 15) is 4.39 Å². The van der Waals surface area contributed by atoms with Crippen LogP contribution >= 0.6 is 0 Å². The van der Waals surface area contributed by atoms with E-state index in [4.69, 9.17) is 15.2 Å². The first-order valence-electron chi connectivity index (χ1n) is 7.32. The van der Waals surface area contributed by atoms with Crippen molar-refractivity contribution in [1.82, 2.24) is 14.5 Å². The van der Waals surface area contributed by atoms with Crippen LogP contribution in [0.3, 0.4) is 0 Å². The zero-order valence-electron chi connectivity index (χ0n) is 12.8. The average Bonchev–Trinajstić information content (AvgIpc) is 2.80. The maximum atomic E-state index is 13.7. The summed E-state index contributed by atoms with van der Waals surface area (Å²) in [5.74, 6) is -0.324. The summed E-state index contributed by atoms with van der Waals surface area (Å²) in [6, 6.07) is 10.6. The van der Waals surface area contributed by atoms with Crippen molar-refractivity contribution in [2.75, 3.05) is 0 Å². The largest absolute Gasteiger partial charge is 0.310 e. The van der Waals surface area contributed by atoms with Crippen LogP contribution in [0, 0.1) is 31.0 Å². The van der Waals surface area contributed by atoms with Gasteiger partial charge in [-0.3, -0.25) is 0 Å². The Bertz CT molecular complexity index is 1140. The Morgan fingerprint density at radius 1 is 1.09 bits per heavy atom. The molecule has 0 aliphatic carbocycles. The third kappa shape index (κ3) is 1.95. The second kappa shape index (κ2) is 4.75. The number of aromatic nitrogens is 3. The molecule has 4 rings (SSSR count). The molecule has 0 aliphatic rings. The summed E-state index contributed by atoms with van der Waals surface area (Å²) >= 11 is 0. The van der Waals surface area contributed by atoms with Gasteiger partial charge in [-0.15, -0.1) is 0 Å². The van der Waals surface area contributed by atoms with Crippen LogP contribution in [0.4, 0.5) is 4.39 Å². The second-order valence-corrected chi connectivity index (χ2v) is 5.73. The van der Waals surface area contributed by atoms with Gasteiger partial charge in [0, 0.05) is 5.39 Å². The lowest BCUT2D eigenvalue weighted by Gasteiger charge is -2.04. The third-order valence-corrected chi connectivity index (χ3v) is 4.25. The molecule has 2 heterocycles. The average molecular weight is 304 g/mol. The maximum absolute atomic E-state index is 13.7. The summed E-state index contributed by atoms with van der Waals surface area (Å²) in [5.41, 5.74) is 5.85. The van der Waals surface area contributed by atoms with E-state index in [1.54, 1.807) is 10.6 Å². The lowest BCUT2D eigenvalue weighted by Crippen LogP contribution is -1.98. The Morgan fingerprint density at radius 2 is 1.78 bits per heavy atom. The number of nitrogens with zero attached hydrogens (tertiary/aromatic N) is 4. The van der Waals surface area contributed by atoms with Gasteiger partial charge in [0.15, 0.2) is 5.65 Å². The van der Waals surface area contributed by atoms with Gasteiger partial charge in [-0.25, -0.2) is 14.4 Å². The Labute approximate surface area is 131 Å². The van der Waals surface area contributed by atoms with E-state index in [1.807, 2.05) is 26.0 Å². The number of aryl methyl sites for hydroxylation is 2. The zero-order valence-corrected chi connectivity index (χ0v) is 12.8. The molecule has 0 fully saturated rings. The fourth-order valence-corrected chi connectivity index (χ4v) is 2.95. The lowest BCUT2D eigenvalue weighted by atomic mass is 10.1. The predicted octanol–water partition coefficient (Wildman–Crippen LogP) is 4.02. The highest BCUT2D eigenvalue weighted by molar-refractivity contribution is 6.06. The quantitative estimate of drug-likeness (QED) is 0.534. The number of halogens is 1. The molecule has 0 bridgehead atoms. The molecule has 4 nitrogen and oxygen atoms in total. The van der Waals surface area contributed by atoms with Gasteiger partial charge in [0.25, 0.3) is 0 Å². The van der Waals surface area contributed by atoms with Crippen molar-refractivity contribution in [3.63, 3.8) is 0 Å². The van der Waals surface area contributed by atoms with Crippen molar-refractivity contribution in [2.24, 2.45) is 0 Å². The molecular formula is C18H13FN4. The van der Waals surface area contributed by atoms with Crippen LogP contribution in [0.25, 0.3) is 33.1 Å². The number of hydrogen-bond acceptors (Lipinski definition) is 3. The SMILES string of the molecule is Cc1cc2nc3c4cc(F)ccc4n(CC#N)c3nc2cc1C. The van der Waals surface area contributed by atoms with E-state index < -0.39 is 0 Å². The topological polar surface area (TPSA) is 54.5 Å². The van der Waals surface area contributed by atoms with Crippen molar-refractivity contribution in [2.45, 2.75) is 20.4 Å². The molecule has 0 atom stereocenters. The van der Waals surface area contributed by atoms with Crippen LogP contribution in [0.2, 0.25) is 0 Å². The van der Waals surface area contributed by atoms with Crippen molar-refractivity contribution in [3.05, 3.63) is 47.3 Å². The molecule has 112 valence electrons. The molecule has 4 aromatic rings. The molecule has 2 aromatic carbocycles. The molecule has 0 amide bonds. The summed E-state index contributed by atoms with van der Waals surface area (Å²) in [6.45, 7) is 4.21. The Balaban J connectivity index is 2.22. The smallest absolute Gasteiger partial charge is 0.161 e. The molecule has 0 N–H and O–H groups in total. The molecule has 23 heavy (non-hydrogen) atoms. The minimum atomic E-state index is -0.324. The minimum Gasteiger partial charge on any atom is -0.310 e. The van der Waals surface area contributed by atoms with Crippen molar-refractivity contribution >= 4 is 33.1 Å². The summed E-state index contributed by atoms with van der Waals surface area (Å²) in [6.07, 6.45) is 0. The van der Waals surface area contributed by atoms with Crippen LogP contribution in [0.5, 0.6) is 0 Å². The summed E-state index contributed by atoms with van der Waals surface area (Å²) < 4.78 is 15.5. The highest BCUT2D eigenvalue weighted by Crippen LogP contribution is 2.29. The van der Waals surface area contributed by atoms with Crippen molar-refractivity contribution in [3.8, 4) is 6.07 Å². The van der Waals surface area contributed by atoms with Gasteiger partial charge >= 0.3 is 0 Å². The molecule has 0 saturated heterocycles. The maximum Gasteiger partial charge on any atom is 0.161 e. The van der Waals surface area contributed by atoms with Gasteiger partial charge in [0.1, 0.15) is 17.9 Å². The molecule has 0 saturated carbocycles. The highest BCUT2D eigenvalue weighted by Gasteiger charge is 2.15. The van der Waals surface area contributed by atoms with E-state index in [2.05, 4.69) is 6.07 Å². The first kappa shape index (κ1) is 13.6. The van der Waals surface area contributed by atoms with Gasteiger partial charge in [-0.2, -0.15) is 5.26 Å². The van der Waals surface area contributed by atoms with E-state index in [-0.39, 0.29) is 12.4 Å². The van der Waals surface area contributed by atoms with Gasteiger partial charge in [0.05, 0.1) is 22.6 Å². The number of fused-ring (bicyclic) bond motifs is 4. The van der Waals surface area contributed by atoms with E-state index in [0.29, 0.717) is 16.6 Å². The Kier molecular flexibility index (Phi) is 2.82. The van der Waals surface area contributed by atoms with E-state index >= 15 is 0 Å². The third-order valence-electron chi connectivity index (χ3n) is 4.25. The number of benzene rings is 2. The summed E-state index contributed by atoms with van der Waals surface area (Å²) in [4.78, 5) is 9.38. The predicted molar refractivity (Wildman–Crippen MR) is 87.6 cm³/mol. The van der Waals surface area contributed by atoms with Crippen LogP contribution in [-0.4, -0.2) is 14.5 Å². The van der Waals surface area contributed by atoms with E-state index in [1.165, 1.54) is 12.1 Å². The van der Waals surface area contributed by atoms with Crippen molar-refractivity contribution in [1.29, 1.82) is 5.26 Å². The minimum absolute atomic E-state index is 0.149. The standard InChI is InChI=1S/C18H13FN4/c1-10-7-14-15(8-11(10)2)22-18-17(21-14)13-9-12(19)3-4-16(13)23(18)6-5-20/h3-4,7-9H,6H2,1-2H3. The molecule has 0 spiro atoms. The summed E-state index contributed by atoms with van der Waals surface area (Å²) in [7, 11) is 0. The van der Waals surface area contributed by atoms with Crippen molar-refractivity contribution < 1.29 is 4.39 Å². The number of rotatable bonds is 1. The molecule has 5 heteroatoms. The second-order valence-electron chi connectivity index (χ2n) is 5.73. The van der Waals surface area contributed by atoms with E-state index in [0.717, 1.165) is 27.7 Å². The first-order chi connectivity index (χ1) is 11.1. The zero-order chi connectivity index (χ0) is 16.1. The monoisotopic (exact) mass is 304 g/mol. The van der Waals surface area contributed by atoms with Crippen LogP contribution in [0.15, 0.2) is 30.3 Å². The van der Waals surface area contributed by atoms with Crippen LogP contribution in [-0.2, 0) is 6.54 Å². The fourth-order valence-electron chi connectivity index (χ4n) is 2.95. The van der Waals surface area contributed by atoms with Gasteiger partial charge in [0.2, 0.25) is 0 Å². The van der Waals surface area contributed by atoms with Gasteiger partial charge in [-0.1, -0.05) is 0 Å². The molecule has 0 unspecified atom stereocenters. The Morgan fingerprint density at radius 3 is 2.48 bits per heavy atom. The summed E-state index contributed by atoms with van der Waals surface area (Å²) in [5, 5.41) is 9.80.